The normalized spacial score (nSPS) is 17.0. The molecule has 4 aromatic rings. The van der Waals surface area contributed by atoms with Crippen LogP contribution in [0.15, 0.2) is 55.0 Å². The Labute approximate surface area is 222 Å². The van der Waals surface area contributed by atoms with Gasteiger partial charge in [0, 0.05) is 35.9 Å². The molecule has 0 bridgehead atoms. The number of carbonyl (C=O) groups excluding carboxylic acids is 1. The molecule has 0 aliphatic carbocycles. The van der Waals surface area contributed by atoms with Crippen molar-refractivity contribution in [1.82, 2.24) is 30.2 Å². The smallest absolute Gasteiger partial charge is 0.339 e. The lowest BCUT2D eigenvalue weighted by molar-refractivity contribution is -0.0239. The fourth-order valence-electron chi connectivity index (χ4n) is 5.80. The molecule has 5 heterocycles. The molecule has 196 valence electrons. The van der Waals surface area contributed by atoms with E-state index < -0.39 is 0 Å². The van der Waals surface area contributed by atoms with Gasteiger partial charge in [-0.3, -0.25) is 9.97 Å². The summed E-state index contributed by atoms with van der Waals surface area (Å²) >= 11 is 0. The van der Waals surface area contributed by atoms with Crippen LogP contribution in [0.25, 0.3) is 33.5 Å². The van der Waals surface area contributed by atoms with Crippen LogP contribution < -0.4 is 5.32 Å². The average molecular weight is 511 g/mol. The summed E-state index contributed by atoms with van der Waals surface area (Å²) in [5, 5.41) is 4.33. The molecule has 2 aliphatic heterocycles. The summed E-state index contributed by atoms with van der Waals surface area (Å²) in [6.07, 6.45) is 7.79. The van der Waals surface area contributed by atoms with Gasteiger partial charge in [-0.25, -0.2) is 9.78 Å². The Morgan fingerprint density at radius 3 is 2.79 bits per heavy atom. The zero-order valence-electron chi connectivity index (χ0n) is 21.9. The molecular formula is C30H34N6O2. The number of nitrogens with one attached hydrogen (secondary N) is 2. The summed E-state index contributed by atoms with van der Waals surface area (Å²) in [7, 11) is 0. The number of hydrogen-bond donors (Lipinski definition) is 2. The fourth-order valence-corrected chi connectivity index (χ4v) is 5.80. The van der Waals surface area contributed by atoms with E-state index in [1.54, 1.807) is 12.5 Å². The molecule has 6 rings (SSSR count). The van der Waals surface area contributed by atoms with Crippen molar-refractivity contribution in [3.8, 4) is 22.6 Å². The van der Waals surface area contributed by atoms with E-state index in [1.165, 1.54) is 25.9 Å². The number of unbranched alkanes of at least 4 members (excludes halogenated alkanes) is 1. The molecule has 2 aliphatic rings. The van der Waals surface area contributed by atoms with Crippen molar-refractivity contribution in [2.75, 3.05) is 39.3 Å². The third-order valence-corrected chi connectivity index (χ3v) is 7.86. The second kappa shape index (κ2) is 10.6. The zero-order valence-corrected chi connectivity index (χ0v) is 21.9. The SMILES string of the molecule is Cc1cccc(-c2[nH]cnc2-c2ccc3ncc(C(=O)OCCCCN4CC5(CCNCC5)C4)cc3c2)n1. The molecule has 38 heavy (non-hydrogen) atoms. The number of rotatable bonds is 8. The van der Waals surface area contributed by atoms with Crippen LogP contribution in [0, 0.1) is 12.3 Å². The summed E-state index contributed by atoms with van der Waals surface area (Å²) in [6.45, 7) is 8.24. The fraction of sp³-hybridized carbons (Fsp3) is 0.400. The first kappa shape index (κ1) is 24.7. The minimum atomic E-state index is -0.327. The largest absolute Gasteiger partial charge is 0.462 e. The van der Waals surface area contributed by atoms with Gasteiger partial charge in [-0.15, -0.1) is 0 Å². The van der Waals surface area contributed by atoms with Crippen molar-refractivity contribution in [3.05, 3.63) is 66.2 Å². The van der Waals surface area contributed by atoms with Crippen molar-refractivity contribution >= 4 is 16.9 Å². The Balaban J connectivity index is 1.05. The number of hydrogen-bond acceptors (Lipinski definition) is 7. The van der Waals surface area contributed by atoms with E-state index in [9.17, 15) is 4.79 Å². The van der Waals surface area contributed by atoms with Crippen molar-refractivity contribution in [2.45, 2.75) is 32.6 Å². The highest BCUT2D eigenvalue weighted by molar-refractivity contribution is 5.95. The van der Waals surface area contributed by atoms with Crippen molar-refractivity contribution in [1.29, 1.82) is 0 Å². The standard InChI is InChI=1S/C30H34N6O2/c1-21-5-4-6-26(35-21)28-27(33-20-34-28)22-7-8-25-23(15-22)16-24(17-32-25)29(37)38-14-3-2-13-36-18-30(19-36)9-11-31-12-10-30/h4-8,15-17,20,31H,2-3,9-14,18-19H2,1H3,(H,33,34). The minimum absolute atomic E-state index is 0.327. The first-order chi connectivity index (χ1) is 18.6. The number of pyridine rings is 2. The highest BCUT2D eigenvalue weighted by Crippen LogP contribution is 2.38. The van der Waals surface area contributed by atoms with Gasteiger partial charge in [0.1, 0.15) is 0 Å². The second-order valence-corrected chi connectivity index (χ2v) is 10.7. The number of aromatic nitrogens is 4. The molecule has 8 nitrogen and oxygen atoms in total. The molecule has 1 spiro atoms. The molecule has 0 unspecified atom stereocenters. The van der Waals surface area contributed by atoms with E-state index >= 15 is 0 Å². The van der Waals surface area contributed by atoms with Crippen LogP contribution in [0.2, 0.25) is 0 Å². The van der Waals surface area contributed by atoms with Crippen LogP contribution in [0.5, 0.6) is 0 Å². The number of ether oxygens (including phenoxy) is 1. The molecule has 0 radical (unpaired) electrons. The maximum absolute atomic E-state index is 12.7. The number of likely N-dealkylation sites (tertiary alicyclic amines) is 1. The Morgan fingerprint density at radius 1 is 1.08 bits per heavy atom. The van der Waals surface area contributed by atoms with E-state index in [1.807, 2.05) is 49.4 Å². The quantitative estimate of drug-likeness (QED) is 0.264. The molecule has 8 heteroatoms. The lowest BCUT2D eigenvalue weighted by Gasteiger charge is -2.52. The van der Waals surface area contributed by atoms with Crippen molar-refractivity contribution < 1.29 is 9.53 Å². The lowest BCUT2D eigenvalue weighted by atomic mass is 9.72. The number of carbonyl (C=O) groups is 1. The van der Waals surface area contributed by atoms with Crippen LogP contribution in [0.3, 0.4) is 0 Å². The van der Waals surface area contributed by atoms with Gasteiger partial charge in [-0.05, 0) is 88.0 Å². The minimum Gasteiger partial charge on any atom is -0.462 e. The molecule has 2 N–H and O–H groups in total. The summed E-state index contributed by atoms with van der Waals surface area (Å²) in [5.74, 6) is -0.327. The van der Waals surface area contributed by atoms with Gasteiger partial charge in [-0.1, -0.05) is 12.1 Å². The average Bonchev–Trinajstić information content (AvgIpc) is 3.42. The molecule has 0 amide bonds. The Hall–Kier alpha value is -3.62. The number of piperidine rings is 1. The maximum atomic E-state index is 12.7. The number of aromatic amines is 1. The number of H-pyrrole nitrogens is 1. The van der Waals surface area contributed by atoms with Gasteiger partial charge < -0.3 is 19.9 Å². The summed E-state index contributed by atoms with van der Waals surface area (Å²) in [5.41, 5.74) is 6.24. The number of fused-ring (bicyclic) bond motifs is 1. The topological polar surface area (TPSA) is 96.0 Å². The Morgan fingerprint density at radius 2 is 1.95 bits per heavy atom. The molecule has 1 aromatic carbocycles. The van der Waals surface area contributed by atoms with Crippen LogP contribution in [-0.2, 0) is 4.74 Å². The zero-order chi connectivity index (χ0) is 26.0. The van der Waals surface area contributed by atoms with E-state index in [4.69, 9.17) is 4.74 Å². The maximum Gasteiger partial charge on any atom is 0.339 e. The van der Waals surface area contributed by atoms with Gasteiger partial charge in [0.15, 0.2) is 0 Å². The predicted molar refractivity (Wildman–Crippen MR) is 148 cm³/mol. The number of nitrogens with zero attached hydrogens (tertiary/aromatic N) is 4. The van der Waals surface area contributed by atoms with Gasteiger partial charge in [0.2, 0.25) is 0 Å². The highest BCUT2D eigenvalue weighted by atomic mass is 16.5. The summed E-state index contributed by atoms with van der Waals surface area (Å²) in [6, 6.07) is 13.7. The molecule has 2 saturated heterocycles. The van der Waals surface area contributed by atoms with Gasteiger partial charge >= 0.3 is 5.97 Å². The van der Waals surface area contributed by atoms with Crippen molar-refractivity contribution in [3.63, 3.8) is 0 Å². The third-order valence-electron chi connectivity index (χ3n) is 7.86. The summed E-state index contributed by atoms with van der Waals surface area (Å²) < 4.78 is 5.58. The number of esters is 1. The van der Waals surface area contributed by atoms with Gasteiger partial charge in [-0.2, -0.15) is 0 Å². The predicted octanol–water partition coefficient (Wildman–Crippen LogP) is 4.62. The van der Waals surface area contributed by atoms with Gasteiger partial charge in [0.05, 0.1) is 41.1 Å². The Kier molecular flexibility index (Phi) is 6.91. The molecule has 3 aromatic heterocycles. The number of aryl methyl sites for hydroxylation is 1. The van der Waals surface area contributed by atoms with Crippen LogP contribution >= 0.6 is 0 Å². The monoisotopic (exact) mass is 510 g/mol. The summed E-state index contributed by atoms with van der Waals surface area (Å²) in [4.78, 5) is 32.2. The van der Waals surface area contributed by atoms with Crippen LogP contribution in [0.1, 0.15) is 41.7 Å². The van der Waals surface area contributed by atoms with E-state index in [0.717, 1.165) is 71.7 Å². The molecule has 0 saturated carbocycles. The van der Waals surface area contributed by atoms with Crippen LogP contribution in [-0.4, -0.2) is 70.1 Å². The number of benzene rings is 1. The second-order valence-electron chi connectivity index (χ2n) is 10.7. The van der Waals surface area contributed by atoms with Crippen molar-refractivity contribution in [2.24, 2.45) is 5.41 Å². The Bertz CT molecular complexity index is 1430. The third kappa shape index (κ3) is 5.19. The molecule has 2 fully saturated rings. The van der Waals surface area contributed by atoms with Crippen LogP contribution in [0.4, 0.5) is 0 Å². The van der Waals surface area contributed by atoms with E-state index in [2.05, 4.69) is 30.2 Å². The van der Waals surface area contributed by atoms with E-state index in [-0.39, 0.29) is 5.97 Å². The highest BCUT2D eigenvalue weighted by Gasteiger charge is 2.42. The number of imidazole rings is 1. The van der Waals surface area contributed by atoms with E-state index in [0.29, 0.717) is 17.6 Å². The lowest BCUT2D eigenvalue weighted by Crippen LogP contribution is -2.59. The molecule has 0 atom stereocenters. The first-order valence-corrected chi connectivity index (χ1v) is 13.6. The molecular weight excluding hydrogens is 476 g/mol. The van der Waals surface area contributed by atoms with Gasteiger partial charge in [0.25, 0.3) is 0 Å². The first-order valence-electron chi connectivity index (χ1n) is 13.6.